The van der Waals surface area contributed by atoms with Gasteiger partial charge in [0.25, 0.3) is 0 Å². The Labute approximate surface area is 107 Å². The molecule has 0 radical (unpaired) electrons. The van der Waals surface area contributed by atoms with Crippen molar-refractivity contribution in [3.05, 3.63) is 0 Å². The summed E-state index contributed by atoms with van der Waals surface area (Å²) in [7, 11) is -2.82. The molecule has 1 atom stereocenters. The highest BCUT2D eigenvalue weighted by Gasteiger charge is 2.17. The first-order valence-corrected chi connectivity index (χ1v) is 8.66. The first kappa shape index (κ1) is 16.9. The van der Waals surface area contributed by atoms with Gasteiger partial charge >= 0.3 is 0 Å². The lowest BCUT2D eigenvalue weighted by Gasteiger charge is -2.21. The van der Waals surface area contributed by atoms with Gasteiger partial charge in [0.05, 0.1) is 5.75 Å². The van der Waals surface area contributed by atoms with E-state index in [0.29, 0.717) is 23.3 Å². The maximum Gasteiger partial charge on any atom is 0.150 e. The van der Waals surface area contributed by atoms with Crippen LogP contribution in [0, 0.1) is 11.8 Å². The summed E-state index contributed by atoms with van der Waals surface area (Å²) in [6, 6.07) is 0. The molecule has 1 N–H and O–H groups in total. The molecule has 0 bridgehead atoms. The number of hydrogen-bond acceptors (Lipinski definition) is 3. The standard InChI is InChI=1S/C13H29NO2S/c1-5-8-14-11-13(12(3)4)7-10-17(15,16)9-6-2/h12-14H,5-11H2,1-4H3. The molecule has 0 aliphatic heterocycles. The Bertz CT molecular complexity index is 273. The highest BCUT2D eigenvalue weighted by atomic mass is 32.2. The third-order valence-corrected chi connectivity index (χ3v) is 4.98. The van der Waals surface area contributed by atoms with Crippen LogP contribution in [0.3, 0.4) is 0 Å². The largest absolute Gasteiger partial charge is 0.316 e. The first-order valence-electron chi connectivity index (χ1n) is 6.84. The molecule has 0 aliphatic rings. The molecule has 0 fully saturated rings. The van der Waals surface area contributed by atoms with Gasteiger partial charge in [-0.05, 0) is 44.2 Å². The lowest BCUT2D eigenvalue weighted by Crippen LogP contribution is -2.28. The van der Waals surface area contributed by atoms with Gasteiger partial charge in [-0.1, -0.05) is 27.7 Å². The molecule has 0 aromatic carbocycles. The van der Waals surface area contributed by atoms with Crippen molar-refractivity contribution in [1.29, 1.82) is 0 Å². The highest BCUT2D eigenvalue weighted by molar-refractivity contribution is 7.91. The minimum Gasteiger partial charge on any atom is -0.316 e. The summed E-state index contributed by atoms with van der Waals surface area (Å²) in [5.41, 5.74) is 0. The van der Waals surface area contributed by atoms with E-state index in [-0.39, 0.29) is 0 Å². The Kier molecular flexibility index (Phi) is 8.88. The van der Waals surface area contributed by atoms with E-state index >= 15 is 0 Å². The summed E-state index contributed by atoms with van der Waals surface area (Å²) < 4.78 is 23.3. The molecule has 1 unspecified atom stereocenters. The minimum absolute atomic E-state index is 0.334. The van der Waals surface area contributed by atoms with Crippen LogP contribution in [0.25, 0.3) is 0 Å². The summed E-state index contributed by atoms with van der Waals surface area (Å²) in [6.07, 6.45) is 2.64. The quantitative estimate of drug-likeness (QED) is 0.616. The molecule has 0 aromatic rings. The second-order valence-corrected chi connectivity index (χ2v) is 7.45. The van der Waals surface area contributed by atoms with Crippen molar-refractivity contribution in [3.8, 4) is 0 Å². The van der Waals surface area contributed by atoms with Crippen LogP contribution in [0.1, 0.15) is 47.0 Å². The van der Waals surface area contributed by atoms with Crippen molar-refractivity contribution in [3.63, 3.8) is 0 Å². The summed E-state index contributed by atoms with van der Waals surface area (Å²) in [5, 5.41) is 3.39. The van der Waals surface area contributed by atoms with Crippen LogP contribution < -0.4 is 5.32 Å². The van der Waals surface area contributed by atoms with Gasteiger partial charge < -0.3 is 5.32 Å². The zero-order valence-electron chi connectivity index (χ0n) is 11.8. The maximum absolute atomic E-state index is 11.7. The number of nitrogens with one attached hydrogen (secondary N) is 1. The second-order valence-electron chi connectivity index (χ2n) is 5.15. The Hall–Kier alpha value is -0.0900. The predicted octanol–water partition coefficient (Wildman–Crippen LogP) is 2.47. The van der Waals surface area contributed by atoms with Crippen LogP contribution in [-0.2, 0) is 9.84 Å². The Morgan fingerprint density at radius 1 is 1.06 bits per heavy atom. The van der Waals surface area contributed by atoms with Crippen LogP contribution in [0.2, 0.25) is 0 Å². The second kappa shape index (κ2) is 8.92. The van der Waals surface area contributed by atoms with Gasteiger partial charge in [0, 0.05) is 5.75 Å². The van der Waals surface area contributed by atoms with Crippen LogP contribution in [0.4, 0.5) is 0 Å². The van der Waals surface area contributed by atoms with E-state index in [9.17, 15) is 8.42 Å². The van der Waals surface area contributed by atoms with Crippen molar-refractivity contribution in [1.82, 2.24) is 5.32 Å². The van der Waals surface area contributed by atoms with Gasteiger partial charge in [-0.15, -0.1) is 0 Å². The van der Waals surface area contributed by atoms with Crippen molar-refractivity contribution in [2.24, 2.45) is 11.8 Å². The molecule has 104 valence electrons. The molecule has 0 heterocycles. The lowest BCUT2D eigenvalue weighted by molar-refractivity contribution is 0.353. The smallest absolute Gasteiger partial charge is 0.150 e. The fourth-order valence-electron chi connectivity index (χ4n) is 1.88. The van der Waals surface area contributed by atoms with Crippen LogP contribution in [0.15, 0.2) is 0 Å². The van der Waals surface area contributed by atoms with Crippen LogP contribution >= 0.6 is 0 Å². The maximum atomic E-state index is 11.7. The third-order valence-electron chi connectivity index (χ3n) is 3.09. The molecule has 0 aromatic heterocycles. The Morgan fingerprint density at radius 2 is 1.71 bits per heavy atom. The number of hydrogen-bond donors (Lipinski definition) is 1. The van der Waals surface area contributed by atoms with Gasteiger partial charge in [0.2, 0.25) is 0 Å². The van der Waals surface area contributed by atoms with E-state index in [4.69, 9.17) is 0 Å². The van der Waals surface area contributed by atoms with Crippen LogP contribution in [-0.4, -0.2) is 33.0 Å². The van der Waals surface area contributed by atoms with Crippen molar-refractivity contribution in [2.75, 3.05) is 24.6 Å². The molecule has 0 saturated carbocycles. The number of rotatable bonds is 10. The summed E-state index contributed by atoms with van der Waals surface area (Å²) in [5.74, 6) is 1.68. The van der Waals surface area contributed by atoms with E-state index in [1.54, 1.807) is 0 Å². The summed E-state index contributed by atoms with van der Waals surface area (Å²) in [6.45, 7) is 10.4. The van der Waals surface area contributed by atoms with Gasteiger partial charge in [-0.25, -0.2) is 8.42 Å². The average molecular weight is 263 g/mol. The molecule has 3 nitrogen and oxygen atoms in total. The fourth-order valence-corrected chi connectivity index (χ4v) is 3.37. The van der Waals surface area contributed by atoms with Gasteiger partial charge in [0.1, 0.15) is 9.84 Å². The molecule has 0 spiro atoms. The van der Waals surface area contributed by atoms with Crippen molar-refractivity contribution >= 4 is 9.84 Å². The monoisotopic (exact) mass is 263 g/mol. The highest BCUT2D eigenvalue weighted by Crippen LogP contribution is 2.15. The lowest BCUT2D eigenvalue weighted by atomic mass is 9.93. The first-order chi connectivity index (χ1) is 7.93. The topological polar surface area (TPSA) is 46.2 Å². The van der Waals surface area contributed by atoms with Gasteiger partial charge in [-0.2, -0.15) is 0 Å². The zero-order valence-corrected chi connectivity index (χ0v) is 12.6. The summed E-state index contributed by atoms with van der Waals surface area (Å²) >= 11 is 0. The normalized spacial score (nSPS) is 14.2. The van der Waals surface area contributed by atoms with E-state index in [1.165, 1.54) is 0 Å². The average Bonchev–Trinajstić information content (AvgIpc) is 2.22. The van der Waals surface area contributed by atoms with Crippen molar-refractivity contribution in [2.45, 2.75) is 47.0 Å². The predicted molar refractivity (Wildman–Crippen MR) is 75.1 cm³/mol. The third kappa shape index (κ3) is 8.61. The van der Waals surface area contributed by atoms with E-state index in [2.05, 4.69) is 26.1 Å². The number of sulfone groups is 1. The molecule has 0 rings (SSSR count). The molecule has 0 amide bonds. The van der Waals surface area contributed by atoms with Crippen LogP contribution in [0.5, 0.6) is 0 Å². The molecule has 4 heteroatoms. The fraction of sp³-hybridized carbons (Fsp3) is 1.00. The molecular formula is C13H29NO2S. The van der Waals surface area contributed by atoms with Crippen molar-refractivity contribution < 1.29 is 8.42 Å². The van der Waals surface area contributed by atoms with E-state index < -0.39 is 9.84 Å². The molecule has 0 saturated heterocycles. The van der Waals surface area contributed by atoms with Gasteiger partial charge in [-0.3, -0.25) is 0 Å². The zero-order chi connectivity index (χ0) is 13.3. The molecule has 17 heavy (non-hydrogen) atoms. The van der Waals surface area contributed by atoms with Gasteiger partial charge in [0.15, 0.2) is 0 Å². The SMILES string of the molecule is CCCNCC(CCS(=O)(=O)CCC)C(C)C. The molecular weight excluding hydrogens is 234 g/mol. The van der Waals surface area contributed by atoms with E-state index in [0.717, 1.165) is 32.4 Å². The Balaban J connectivity index is 4.08. The molecule has 0 aliphatic carbocycles. The van der Waals surface area contributed by atoms with E-state index in [1.807, 2.05) is 6.92 Å². The Morgan fingerprint density at radius 3 is 2.18 bits per heavy atom. The minimum atomic E-state index is -2.82. The summed E-state index contributed by atoms with van der Waals surface area (Å²) in [4.78, 5) is 0.